The topological polar surface area (TPSA) is 367 Å². The van der Waals surface area contributed by atoms with Crippen molar-refractivity contribution in [1.29, 1.82) is 0 Å². The predicted molar refractivity (Wildman–Crippen MR) is 213 cm³/mol. The Balaban J connectivity index is 1.28. The van der Waals surface area contributed by atoms with Crippen molar-refractivity contribution in [2.45, 2.75) is 68.1 Å². The first-order valence-electron chi connectivity index (χ1n) is 19.4. The summed E-state index contributed by atoms with van der Waals surface area (Å²) >= 11 is 0. The van der Waals surface area contributed by atoms with Crippen molar-refractivity contribution in [3.05, 3.63) is 58.7 Å². The number of aliphatic hydroxyl groups excluding tert-OH is 4. The van der Waals surface area contributed by atoms with E-state index in [9.17, 15) is 67.5 Å². The van der Waals surface area contributed by atoms with E-state index in [1.54, 1.807) is 0 Å². The molecule has 26 nitrogen and oxygen atoms in total. The van der Waals surface area contributed by atoms with Crippen molar-refractivity contribution >= 4 is 57.0 Å². The van der Waals surface area contributed by atoms with Crippen LogP contribution in [0.2, 0.25) is 0 Å². The van der Waals surface area contributed by atoms with Gasteiger partial charge in [-0.1, -0.05) is 6.07 Å². The Bertz CT molecular complexity index is 2370. The molecule has 2 saturated heterocycles. The number of hydrogen-bond donors (Lipinski definition) is 7. The van der Waals surface area contributed by atoms with E-state index in [1.807, 2.05) is 0 Å². The molecule has 4 heterocycles. The SMILES string of the molecule is CN(CC(=O)Nc1cc(COC(=O)N(CCS(C)(=O)=O)COC[C@H]2O[C@@H](n3ccc(N)nc3=O)C(F)(F)[C@@H]2O)ccc1O[C@H]1O[C@@H](C(=O)O)[C@H](O)[C@@H](O)[C@@H]1O)C(=O)CCN1C(=O)C=CC1=O. The second-order valence-corrected chi connectivity index (χ2v) is 17.3. The van der Waals surface area contributed by atoms with Gasteiger partial charge in [0, 0.05) is 51.2 Å². The summed E-state index contributed by atoms with van der Waals surface area (Å²) in [5, 5.41) is 53.2. The van der Waals surface area contributed by atoms with Crippen LogP contribution >= 0.6 is 0 Å². The third-order valence-corrected chi connectivity index (χ3v) is 10.9. The Morgan fingerprint density at radius 2 is 1.70 bits per heavy atom. The molecule has 0 aliphatic carbocycles. The second-order valence-electron chi connectivity index (χ2n) is 15.0. The standard InChI is InChI=1S/C37H45F2N7O19S/c1-43(24(48)8-10-45-25(49)5-6-26(45)50)14-23(47)41-19-13-18(3-4-20(19)63-33-29(53)27(51)28(52)30(65-33)32(55)56)15-62-36(58)44(11-12-66(2,59)60)17-61-16-21-31(54)37(38,39)34(64-21)46-9-7-22(40)42-35(46)57/h3-7,9,13,21,27-31,33-34,51-54H,8,10-12,14-17H2,1-2H3,(H,41,47)(H,55,56)(H2,40,42,57)/t21-,27-,28-,29+,30-,31-,33+,34-/m1/s1. The normalized spacial score (nSPS) is 24.8. The molecule has 0 bridgehead atoms. The number of carboxylic acid groups (broad SMARTS) is 1. The number of aliphatic hydroxyl groups is 4. The van der Waals surface area contributed by atoms with Crippen molar-refractivity contribution in [3.63, 3.8) is 0 Å². The number of amides is 5. The number of nitrogens with one attached hydrogen (secondary N) is 1. The number of carboxylic acids is 1. The van der Waals surface area contributed by atoms with Gasteiger partial charge in [-0.2, -0.15) is 13.8 Å². The number of imide groups is 1. The van der Waals surface area contributed by atoms with Crippen molar-refractivity contribution in [1.82, 2.24) is 24.3 Å². The van der Waals surface area contributed by atoms with E-state index in [2.05, 4.69) is 10.3 Å². The number of carbonyl (C=O) groups excluding carboxylic acids is 5. The van der Waals surface area contributed by atoms with Crippen molar-refractivity contribution < 1.29 is 95.2 Å². The molecule has 5 rings (SSSR count). The second kappa shape index (κ2) is 21.0. The van der Waals surface area contributed by atoms with Crippen LogP contribution in [-0.4, -0.2) is 195 Å². The number of halogens is 2. The largest absolute Gasteiger partial charge is 0.479 e. The minimum Gasteiger partial charge on any atom is -0.479 e. The number of rotatable bonds is 19. The molecule has 0 unspecified atom stereocenters. The molecule has 362 valence electrons. The van der Waals surface area contributed by atoms with Crippen LogP contribution in [0, 0.1) is 0 Å². The number of likely N-dealkylation sites (N-methyl/N-ethyl adjacent to an activating group) is 1. The van der Waals surface area contributed by atoms with Gasteiger partial charge in [-0.3, -0.25) is 33.5 Å². The van der Waals surface area contributed by atoms with Crippen molar-refractivity contribution in [2.75, 3.05) is 63.1 Å². The average molecular weight is 962 g/mol. The molecule has 0 spiro atoms. The Kier molecular flexibility index (Phi) is 16.1. The first-order valence-corrected chi connectivity index (χ1v) is 21.5. The number of carbonyl (C=O) groups is 6. The highest BCUT2D eigenvalue weighted by molar-refractivity contribution is 7.90. The number of anilines is 2. The molecule has 66 heavy (non-hydrogen) atoms. The molecule has 0 radical (unpaired) electrons. The minimum atomic E-state index is -4.04. The van der Waals surface area contributed by atoms with E-state index in [-0.39, 0.29) is 35.8 Å². The molecule has 1 aromatic carbocycles. The molecular weight excluding hydrogens is 916 g/mol. The third kappa shape index (κ3) is 12.4. The van der Waals surface area contributed by atoms with Crippen molar-refractivity contribution in [2.24, 2.45) is 0 Å². The lowest BCUT2D eigenvalue weighted by molar-refractivity contribution is -0.271. The van der Waals surface area contributed by atoms with E-state index in [0.717, 1.165) is 57.5 Å². The highest BCUT2D eigenvalue weighted by atomic mass is 32.2. The summed E-state index contributed by atoms with van der Waals surface area (Å²) in [6.07, 6.45) is -14.6. The number of hydrogen-bond acceptors (Lipinski definition) is 20. The molecule has 8 N–H and O–H groups in total. The number of sulfone groups is 1. The van der Waals surface area contributed by atoms with E-state index >= 15 is 8.78 Å². The Labute approximate surface area is 371 Å². The Morgan fingerprint density at radius 3 is 2.33 bits per heavy atom. The van der Waals surface area contributed by atoms with Gasteiger partial charge in [-0.15, -0.1) is 0 Å². The highest BCUT2D eigenvalue weighted by Crippen LogP contribution is 2.42. The van der Waals surface area contributed by atoms with E-state index in [4.69, 9.17) is 29.4 Å². The number of nitrogens with two attached hydrogens (primary N) is 1. The van der Waals surface area contributed by atoms with Crippen LogP contribution in [-0.2, 0) is 59.4 Å². The average Bonchev–Trinajstić information content (AvgIpc) is 3.68. The molecule has 8 atom stereocenters. The number of aromatic nitrogens is 2. The third-order valence-electron chi connectivity index (χ3n) is 10.00. The maximum absolute atomic E-state index is 15.0. The molecule has 3 aliphatic heterocycles. The fraction of sp³-hybridized carbons (Fsp3) is 0.514. The number of benzene rings is 1. The summed E-state index contributed by atoms with van der Waals surface area (Å²) in [5.74, 6) is -9.82. The van der Waals surface area contributed by atoms with Crippen LogP contribution in [0.4, 0.5) is 25.1 Å². The molecule has 2 fully saturated rings. The number of ether oxygens (including phenoxy) is 5. The monoisotopic (exact) mass is 961 g/mol. The lowest BCUT2D eigenvalue weighted by Gasteiger charge is -2.38. The molecule has 0 saturated carbocycles. The van der Waals surface area contributed by atoms with E-state index < -0.39 is 145 Å². The number of aliphatic carboxylic acids is 1. The van der Waals surface area contributed by atoms with Gasteiger partial charge >= 0.3 is 23.7 Å². The van der Waals surface area contributed by atoms with Gasteiger partial charge in [0.2, 0.25) is 24.3 Å². The van der Waals surface area contributed by atoms with Gasteiger partial charge in [0.15, 0.2) is 12.2 Å². The minimum absolute atomic E-state index is 0.0695. The number of nitrogen functional groups attached to an aromatic ring is 1. The van der Waals surface area contributed by atoms with Gasteiger partial charge in [0.1, 0.15) is 59.2 Å². The Hall–Kier alpha value is -6.21. The van der Waals surface area contributed by atoms with Crippen molar-refractivity contribution in [3.8, 4) is 5.75 Å². The summed E-state index contributed by atoms with van der Waals surface area (Å²) in [5.41, 5.74) is 4.01. The Morgan fingerprint density at radius 1 is 1.02 bits per heavy atom. The van der Waals surface area contributed by atoms with Crippen LogP contribution in [0.5, 0.6) is 5.75 Å². The lowest BCUT2D eigenvalue weighted by atomic mass is 9.99. The van der Waals surface area contributed by atoms with Gasteiger partial charge in [-0.05, 0) is 23.8 Å². The zero-order chi connectivity index (χ0) is 48.8. The maximum Gasteiger partial charge on any atom is 0.411 e. The molecule has 5 amide bonds. The van der Waals surface area contributed by atoms with Crippen LogP contribution in [0.3, 0.4) is 0 Å². The summed E-state index contributed by atoms with van der Waals surface area (Å²) in [4.78, 5) is 92.8. The predicted octanol–water partition coefficient (Wildman–Crippen LogP) is -3.64. The molecule has 29 heteroatoms. The highest BCUT2D eigenvalue weighted by Gasteiger charge is 2.59. The summed E-state index contributed by atoms with van der Waals surface area (Å²) in [6.45, 7) is -3.73. The zero-order valence-corrected chi connectivity index (χ0v) is 35.6. The number of nitrogens with zero attached hydrogens (tertiary/aromatic N) is 5. The fourth-order valence-corrected chi connectivity index (χ4v) is 6.95. The first-order chi connectivity index (χ1) is 30.9. The van der Waals surface area contributed by atoms with Crippen LogP contribution in [0.25, 0.3) is 0 Å². The summed E-state index contributed by atoms with van der Waals surface area (Å²) in [7, 11) is -2.49. The smallest absolute Gasteiger partial charge is 0.411 e. The van der Waals surface area contributed by atoms with Crippen LogP contribution in [0.1, 0.15) is 18.2 Å². The van der Waals surface area contributed by atoms with Crippen LogP contribution < -0.4 is 21.5 Å². The quantitative estimate of drug-likeness (QED) is 0.0527. The maximum atomic E-state index is 15.0. The molecule has 3 aliphatic rings. The van der Waals surface area contributed by atoms with Gasteiger partial charge in [0.25, 0.3) is 11.8 Å². The first kappa shape index (κ1) is 50.8. The summed E-state index contributed by atoms with van der Waals surface area (Å²) in [6, 6.07) is 4.58. The molecule has 1 aromatic heterocycles. The van der Waals surface area contributed by atoms with Gasteiger partial charge < -0.3 is 65.2 Å². The lowest BCUT2D eigenvalue weighted by Crippen LogP contribution is -2.61. The van der Waals surface area contributed by atoms with Crippen LogP contribution in [0.15, 0.2) is 47.4 Å². The van der Waals surface area contributed by atoms with E-state index in [1.165, 1.54) is 13.1 Å². The number of alkyl halides is 2. The summed E-state index contributed by atoms with van der Waals surface area (Å²) < 4.78 is 81.2. The van der Waals surface area contributed by atoms with E-state index in [0.29, 0.717) is 4.57 Å². The van der Waals surface area contributed by atoms with Gasteiger partial charge in [0.05, 0.1) is 24.6 Å². The molecule has 2 aromatic rings. The molecular formula is C37H45F2N7O19S. The fourth-order valence-electron chi connectivity index (χ4n) is 6.40. The zero-order valence-electron chi connectivity index (χ0n) is 34.7. The van der Waals surface area contributed by atoms with Gasteiger partial charge in [-0.25, -0.2) is 22.8 Å².